The van der Waals surface area contributed by atoms with Crippen molar-refractivity contribution in [2.45, 2.75) is 26.3 Å². The Kier molecular flexibility index (Phi) is 6.27. The van der Waals surface area contributed by atoms with Gasteiger partial charge < -0.3 is 25.6 Å². The van der Waals surface area contributed by atoms with Gasteiger partial charge >= 0.3 is 6.09 Å². The number of fused-ring (bicyclic) bond motifs is 2. The summed E-state index contributed by atoms with van der Waals surface area (Å²) in [7, 11) is 0. The SMILES string of the molecule is CC(=O)Nc1cc(C(=O)N2CCC(C)Nc3ccc(NC(=O)O)cc32)ccc1-c1ccc2[nH]ccc2c1. The second-order valence-corrected chi connectivity index (χ2v) is 9.17. The number of aromatic nitrogens is 1. The van der Waals surface area contributed by atoms with Crippen molar-refractivity contribution in [3.05, 3.63) is 72.4 Å². The van der Waals surface area contributed by atoms with Crippen LogP contribution in [0.4, 0.5) is 27.5 Å². The first-order chi connectivity index (χ1) is 17.8. The van der Waals surface area contributed by atoms with Crippen molar-refractivity contribution in [1.29, 1.82) is 0 Å². The van der Waals surface area contributed by atoms with E-state index in [1.165, 1.54) is 6.92 Å². The number of rotatable bonds is 4. The van der Waals surface area contributed by atoms with Crippen LogP contribution < -0.4 is 20.9 Å². The van der Waals surface area contributed by atoms with E-state index in [9.17, 15) is 14.4 Å². The predicted molar refractivity (Wildman–Crippen MR) is 146 cm³/mol. The molecular weight excluding hydrogens is 470 g/mol. The van der Waals surface area contributed by atoms with Gasteiger partial charge in [0.25, 0.3) is 5.91 Å². The average molecular weight is 498 g/mol. The van der Waals surface area contributed by atoms with Gasteiger partial charge in [-0.15, -0.1) is 0 Å². The zero-order valence-electron chi connectivity index (χ0n) is 20.5. The second-order valence-electron chi connectivity index (χ2n) is 9.17. The molecule has 9 nitrogen and oxygen atoms in total. The van der Waals surface area contributed by atoms with Crippen molar-refractivity contribution in [1.82, 2.24) is 4.98 Å². The summed E-state index contributed by atoms with van der Waals surface area (Å²) in [6, 6.07) is 18.5. The van der Waals surface area contributed by atoms with Crippen LogP contribution in [0.5, 0.6) is 0 Å². The Labute approximate surface area is 213 Å². The van der Waals surface area contributed by atoms with Crippen LogP contribution in [0, 0.1) is 0 Å². The third-order valence-electron chi connectivity index (χ3n) is 6.41. The van der Waals surface area contributed by atoms with Gasteiger partial charge in [0.05, 0.1) is 11.4 Å². The molecule has 0 saturated carbocycles. The number of carboxylic acid groups (broad SMARTS) is 1. The van der Waals surface area contributed by atoms with E-state index >= 15 is 0 Å². The van der Waals surface area contributed by atoms with E-state index in [0.717, 1.165) is 27.7 Å². The summed E-state index contributed by atoms with van der Waals surface area (Å²) in [5.41, 5.74) is 5.37. The molecule has 1 atom stereocenters. The minimum absolute atomic E-state index is 0.121. The normalized spacial score (nSPS) is 14.9. The van der Waals surface area contributed by atoms with Gasteiger partial charge in [0.15, 0.2) is 0 Å². The minimum atomic E-state index is -1.18. The fraction of sp³-hybridized carbons (Fsp3) is 0.179. The van der Waals surface area contributed by atoms with Crippen molar-refractivity contribution in [2.24, 2.45) is 0 Å². The van der Waals surface area contributed by atoms with Crippen molar-refractivity contribution in [3.63, 3.8) is 0 Å². The second kappa shape index (κ2) is 9.69. The Morgan fingerprint density at radius 1 is 1.00 bits per heavy atom. The molecule has 188 valence electrons. The molecular formula is C28H27N5O4. The molecule has 0 spiro atoms. The molecule has 1 aliphatic heterocycles. The molecule has 0 saturated heterocycles. The Morgan fingerprint density at radius 3 is 2.62 bits per heavy atom. The lowest BCUT2D eigenvalue weighted by atomic mass is 9.99. The van der Waals surface area contributed by atoms with Gasteiger partial charge in [-0.1, -0.05) is 12.1 Å². The quantitative estimate of drug-likeness (QED) is 0.246. The van der Waals surface area contributed by atoms with Crippen LogP contribution in [0.1, 0.15) is 30.6 Å². The smallest absolute Gasteiger partial charge is 0.409 e. The number of hydrogen-bond acceptors (Lipinski definition) is 4. The molecule has 9 heteroatoms. The monoisotopic (exact) mass is 497 g/mol. The van der Waals surface area contributed by atoms with E-state index in [4.69, 9.17) is 5.11 Å². The topological polar surface area (TPSA) is 127 Å². The minimum Gasteiger partial charge on any atom is -0.465 e. The number of carbonyl (C=O) groups excluding carboxylic acids is 2. The zero-order valence-corrected chi connectivity index (χ0v) is 20.5. The molecule has 2 heterocycles. The number of hydrogen-bond donors (Lipinski definition) is 5. The van der Waals surface area contributed by atoms with Crippen molar-refractivity contribution >= 4 is 51.6 Å². The van der Waals surface area contributed by atoms with Crippen LogP contribution in [0.15, 0.2) is 66.9 Å². The molecule has 1 aliphatic rings. The third-order valence-corrected chi connectivity index (χ3v) is 6.41. The van der Waals surface area contributed by atoms with Crippen LogP contribution in [-0.2, 0) is 4.79 Å². The number of carbonyl (C=O) groups is 3. The molecule has 0 aliphatic carbocycles. The molecule has 0 fully saturated rings. The maximum absolute atomic E-state index is 13.8. The Morgan fingerprint density at radius 2 is 1.84 bits per heavy atom. The van der Waals surface area contributed by atoms with Crippen LogP contribution in [0.25, 0.3) is 22.0 Å². The maximum atomic E-state index is 13.8. The van der Waals surface area contributed by atoms with Crippen LogP contribution in [-0.4, -0.2) is 40.6 Å². The molecule has 5 N–H and O–H groups in total. The molecule has 3 aromatic carbocycles. The Hall–Kier alpha value is -4.79. The maximum Gasteiger partial charge on any atom is 0.409 e. The summed E-state index contributed by atoms with van der Waals surface area (Å²) in [5, 5.41) is 18.8. The summed E-state index contributed by atoms with van der Waals surface area (Å²) >= 11 is 0. The van der Waals surface area contributed by atoms with Gasteiger partial charge in [-0.25, -0.2) is 4.79 Å². The van der Waals surface area contributed by atoms with Gasteiger partial charge in [-0.05, 0) is 72.8 Å². The largest absolute Gasteiger partial charge is 0.465 e. The molecule has 37 heavy (non-hydrogen) atoms. The summed E-state index contributed by atoms with van der Waals surface area (Å²) in [4.78, 5) is 41.9. The lowest BCUT2D eigenvalue weighted by molar-refractivity contribution is -0.114. The first-order valence-corrected chi connectivity index (χ1v) is 12.0. The predicted octanol–water partition coefficient (Wildman–Crippen LogP) is 5.73. The molecule has 1 unspecified atom stereocenters. The van der Waals surface area contributed by atoms with Gasteiger partial charge in [0.1, 0.15) is 0 Å². The van der Waals surface area contributed by atoms with Gasteiger partial charge in [-0.3, -0.25) is 14.9 Å². The lowest BCUT2D eigenvalue weighted by Gasteiger charge is -2.24. The number of nitrogens with zero attached hydrogens (tertiary/aromatic N) is 1. The standard InChI is InChI=1S/C28H27N5O4/c1-16-10-12-33(26-15-21(32-28(36)37)5-8-24(26)30-16)27(35)20-3-6-22(25(14-20)31-17(2)34)18-4-7-23-19(13-18)9-11-29-23/h3-9,11,13-16,29-30,32H,10,12H2,1-2H3,(H,31,34)(H,36,37). The molecule has 1 aromatic heterocycles. The lowest BCUT2D eigenvalue weighted by Crippen LogP contribution is -2.32. The van der Waals surface area contributed by atoms with E-state index in [0.29, 0.717) is 35.6 Å². The van der Waals surface area contributed by atoms with E-state index in [-0.39, 0.29) is 17.9 Å². The van der Waals surface area contributed by atoms with E-state index in [2.05, 4.69) is 20.9 Å². The van der Waals surface area contributed by atoms with Crippen LogP contribution in [0.2, 0.25) is 0 Å². The molecule has 3 amide bonds. The highest BCUT2D eigenvalue weighted by Crippen LogP contribution is 2.36. The van der Waals surface area contributed by atoms with Crippen LogP contribution >= 0.6 is 0 Å². The zero-order chi connectivity index (χ0) is 26.1. The summed E-state index contributed by atoms with van der Waals surface area (Å²) in [5.74, 6) is -0.486. The van der Waals surface area contributed by atoms with Gasteiger partial charge in [0, 0.05) is 53.7 Å². The van der Waals surface area contributed by atoms with Crippen molar-refractivity contribution in [2.75, 3.05) is 27.4 Å². The molecule has 0 radical (unpaired) electrons. The van der Waals surface area contributed by atoms with E-state index in [1.807, 2.05) is 43.5 Å². The first kappa shape index (κ1) is 23.9. The highest BCUT2D eigenvalue weighted by molar-refractivity contribution is 6.10. The summed E-state index contributed by atoms with van der Waals surface area (Å²) in [6.45, 7) is 3.91. The number of aromatic amines is 1. The van der Waals surface area contributed by atoms with Crippen LogP contribution in [0.3, 0.4) is 0 Å². The molecule has 5 rings (SSSR count). The summed E-state index contributed by atoms with van der Waals surface area (Å²) in [6.07, 6.45) is 1.40. The van der Waals surface area contributed by atoms with Gasteiger partial charge in [-0.2, -0.15) is 0 Å². The van der Waals surface area contributed by atoms with Crippen molar-refractivity contribution in [3.8, 4) is 11.1 Å². The fourth-order valence-electron chi connectivity index (χ4n) is 4.67. The summed E-state index contributed by atoms with van der Waals surface area (Å²) < 4.78 is 0. The number of H-pyrrole nitrogens is 1. The number of nitrogens with one attached hydrogen (secondary N) is 4. The third kappa shape index (κ3) is 4.97. The number of amides is 3. The Bertz CT molecular complexity index is 1530. The highest BCUT2D eigenvalue weighted by atomic mass is 16.4. The first-order valence-electron chi connectivity index (χ1n) is 12.0. The van der Waals surface area contributed by atoms with Gasteiger partial charge in [0.2, 0.25) is 5.91 Å². The van der Waals surface area contributed by atoms with E-state index < -0.39 is 6.09 Å². The number of benzene rings is 3. The van der Waals surface area contributed by atoms with E-state index in [1.54, 1.807) is 35.2 Å². The Balaban J connectivity index is 1.55. The molecule has 4 aromatic rings. The van der Waals surface area contributed by atoms with Crippen molar-refractivity contribution < 1.29 is 19.5 Å². The molecule has 0 bridgehead atoms. The average Bonchev–Trinajstić information content (AvgIpc) is 3.26. The number of anilines is 4. The highest BCUT2D eigenvalue weighted by Gasteiger charge is 2.26. The fourth-order valence-corrected chi connectivity index (χ4v) is 4.67.